The Balaban J connectivity index is 1.82. The second-order valence-corrected chi connectivity index (χ2v) is 5.54. The van der Waals surface area contributed by atoms with Gasteiger partial charge in [0.15, 0.2) is 0 Å². The molecule has 1 amide bonds. The van der Waals surface area contributed by atoms with E-state index in [-0.39, 0.29) is 17.8 Å². The van der Waals surface area contributed by atoms with Gasteiger partial charge in [0.25, 0.3) is 5.91 Å². The van der Waals surface area contributed by atoms with Crippen LogP contribution in [0.3, 0.4) is 0 Å². The molecule has 1 atom stereocenters. The van der Waals surface area contributed by atoms with Crippen molar-refractivity contribution >= 4 is 27.7 Å². The molecule has 104 valence electrons. The summed E-state index contributed by atoms with van der Waals surface area (Å²) in [5.41, 5.74) is 6.09. The van der Waals surface area contributed by atoms with Crippen LogP contribution in [-0.4, -0.2) is 30.1 Å². The molecule has 19 heavy (non-hydrogen) atoms. The number of carbonyl (C=O) groups excluding carboxylic acids is 1. The van der Waals surface area contributed by atoms with Gasteiger partial charge in [0, 0.05) is 23.8 Å². The van der Waals surface area contributed by atoms with Crippen molar-refractivity contribution in [2.75, 3.05) is 18.9 Å². The minimum atomic E-state index is -0.192. The fourth-order valence-electron chi connectivity index (χ4n) is 2.11. The van der Waals surface area contributed by atoms with Gasteiger partial charge in [-0.05, 0) is 47.7 Å². The summed E-state index contributed by atoms with van der Waals surface area (Å²) in [5, 5.41) is 2.85. The number of nitrogens with two attached hydrogens (primary N) is 1. The van der Waals surface area contributed by atoms with E-state index in [2.05, 4.69) is 26.2 Å². The Morgan fingerprint density at radius 1 is 1.58 bits per heavy atom. The number of carbonyl (C=O) groups is 1. The molecule has 1 aromatic heterocycles. The van der Waals surface area contributed by atoms with E-state index in [1.807, 2.05) is 0 Å². The van der Waals surface area contributed by atoms with Crippen molar-refractivity contribution in [2.24, 2.45) is 0 Å². The molecule has 6 heteroatoms. The van der Waals surface area contributed by atoms with Crippen LogP contribution in [0.2, 0.25) is 0 Å². The van der Waals surface area contributed by atoms with Crippen LogP contribution in [-0.2, 0) is 4.74 Å². The number of rotatable bonds is 4. The van der Waals surface area contributed by atoms with E-state index in [0.717, 1.165) is 30.3 Å². The van der Waals surface area contributed by atoms with Crippen LogP contribution >= 0.6 is 15.9 Å². The van der Waals surface area contributed by atoms with Crippen molar-refractivity contribution in [2.45, 2.75) is 31.8 Å². The summed E-state index contributed by atoms with van der Waals surface area (Å²) in [5.74, 6) is 0.0525. The van der Waals surface area contributed by atoms with E-state index < -0.39 is 0 Å². The fraction of sp³-hybridized carbons (Fsp3) is 0.538. The highest BCUT2D eigenvalue weighted by molar-refractivity contribution is 9.10. The van der Waals surface area contributed by atoms with E-state index in [9.17, 15) is 4.79 Å². The van der Waals surface area contributed by atoms with Crippen molar-refractivity contribution in [3.63, 3.8) is 0 Å². The van der Waals surface area contributed by atoms with Crippen LogP contribution in [0, 0.1) is 0 Å². The van der Waals surface area contributed by atoms with Crippen molar-refractivity contribution in [1.82, 2.24) is 10.3 Å². The first-order valence-electron chi connectivity index (χ1n) is 6.47. The Kier molecular flexibility index (Phi) is 5.15. The molecule has 0 aliphatic carbocycles. The smallest absolute Gasteiger partial charge is 0.255 e. The van der Waals surface area contributed by atoms with Gasteiger partial charge in [-0.1, -0.05) is 0 Å². The predicted molar refractivity (Wildman–Crippen MR) is 76.9 cm³/mol. The standard InChI is InChI=1S/C13H18BrN3O2/c14-9-7-11(12(15)17-8-9)13(18)16-5-4-10-3-1-2-6-19-10/h7-8,10H,1-6H2,(H2,15,17)(H,16,18). The molecule has 0 spiro atoms. The number of amides is 1. The highest BCUT2D eigenvalue weighted by Crippen LogP contribution is 2.16. The molecule has 0 aromatic carbocycles. The highest BCUT2D eigenvalue weighted by Gasteiger charge is 2.15. The molecular weight excluding hydrogens is 310 g/mol. The molecular formula is C13H18BrN3O2. The van der Waals surface area contributed by atoms with Crippen LogP contribution in [0.4, 0.5) is 5.82 Å². The maximum atomic E-state index is 12.0. The molecule has 1 aliphatic heterocycles. The number of pyridine rings is 1. The van der Waals surface area contributed by atoms with Gasteiger partial charge in [-0.2, -0.15) is 0 Å². The van der Waals surface area contributed by atoms with Crippen LogP contribution in [0.15, 0.2) is 16.7 Å². The molecule has 3 N–H and O–H groups in total. The molecule has 0 saturated carbocycles. The van der Waals surface area contributed by atoms with Crippen molar-refractivity contribution in [3.05, 3.63) is 22.3 Å². The summed E-state index contributed by atoms with van der Waals surface area (Å²) in [6.07, 6.45) is 6.11. The van der Waals surface area contributed by atoms with Crippen molar-refractivity contribution in [1.29, 1.82) is 0 Å². The van der Waals surface area contributed by atoms with Crippen molar-refractivity contribution in [3.8, 4) is 0 Å². The van der Waals surface area contributed by atoms with Crippen LogP contribution < -0.4 is 11.1 Å². The molecule has 2 heterocycles. The first kappa shape index (κ1) is 14.3. The van der Waals surface area contributed by atoms with E-state index >= 15 is 0 Å². The summed E-state index contributed by atoms with van der Waals surface area (Å²) in [6, 6.07) is 1.68. The third-order valence-corrected chi connectivity index (χ3v) is 3.59. The number of ether oxygens (including phenoxy) is 1. The number of halogens is 1. The zero-order chi connectivity index (χ0) is 13.7. The number of nitrogens with zero attached hydrogens (tertiary/aromatic N) is 1. The number of anilines is 1. The Morgan fingerprint density at radius 2 is 2.42 bits per heavy atom. The van der Waals surface area contributed by atoms with Crippen molar-refractivity contribution < 1.29 is 9.53 Å². The summed E-state index contributed by atoms with van der Waals surface area (Å²) in [4.78, 5) is 15.9. The Bertz CT molecular complexity index is 448. The number of hydrogen-bond donors (Lipinski definition) is 2. The summed E-state index contributed by atoms with van der Waals surface area (Å²) in [7, 11) is 0. The van der Waals surface area contributed by atoms with Crippen LogP contribution in [0.5, 0.6) is 0 Å². The minimum absolute atomic E-state index is 0.192. The third kappa shape index (κ3) is 4.18. The van der Waals surface area contributed by atoms with Gasteiger partial charge in [-0.15, -0.1) is 0 Å². The normalized spacial score (nSPS) is 19.1. The fourth-order valence-corrected chi connectivity index (χ4v) is 2.44. The Morgan fingerprint density at radius 3 is 3.16 bits per heavy atom. The second kappa shape index (κ2) is 6.86. The summed E-state index contributed by atoms with van der Waals surface area (Å²) < 4.78 is 6.35. The van der Waals surface area contributed by atoms with Gasteiger partial charge in [0.05, 0.1) is 11.7 Å². The second-order valence-electron chi connectivity index (χ2n) is 4.62. The lowest BCUT2D eigenvalue weighted by Gasteiger charge is -2.22. The maximum Gasteiger partial charge on any atom is 0.255 e. The first-order chi connectivity index (χ1) is 9.16. The van der Waals surface area contributed by atoms with Gasteiger partial charge in [0.1, 0.15) is 5.82 Å². The monoisotopic (exact) mass is 327 g/mol. The molecule has 0 bridgehead atoms. The SMILES string of the molecule is Nc1ncc(Br)cc1C(=O)NCCC1CCCCO1. The Labute approximate surface area is 121 Å². The topological polar surface area (TPSA) is 77.2 Å². The zero-order valence-electron chi connectivity index (χ0n) is 10.7. The minimum Gasteiger partial charge on any atom is -0.383 e. The largest absolute Gasteiger partial charge is 0.383 e. The van der Waals surface area contributed by atoms with Crippen LogP contribution in [0.25, 0.3) is 0 Å². The lowest BCUT2D eigenvalue weighted by Crippen LogP contribution is -2.30. The lowest BCUT2D eigenvalue weighted by atomic mass is 10.1. The first-order valence-corrected chi connectivity index (χ1v) is 7.27. The predicted octanol–water partition coefficient (Wildman–Crippen LogP) is 2.12. The number of nitrogens with one attached hydrogen (secondary N) is 1. The number of nitrogen functional groups attached to an aromatic ring is 1. The molecule has 2 rings (SSSR count). The average molecular weight is 328 g/mol. The third-order valence-electron chi connectivity index (χ3n) is 3.16. The van der Waals surface area contributed by atoms with Crippen LogP contribution in [0.1, 0.15) is 36.0 Å². The van der Waals surface area contributed by atoms with E-state index in [0.29, 0.717) is 12.1 Å². The molecule has 5 nitrogen and oxygen atoms in total. The average Bonchev–Trinajstić information content (AvgIpc) is 2.42. The van der Waals surface area contributed by atoms with E-state index in [1.165, 1.54) is 6.42 Å². The number of aromatic nitrogens is 1. The molecule has 1 fully saturated rings. The lowest BCUT2D eigenvalue weighted by molar-refractivity contribution is 0.0117. The molecule has 1 saturated heterocycles. The van der Waals surface area contributed by atoms with Gasteiger partial charge in [-0.3, -0.25) is 4.79 Å². The highest BCUT2D eigenvalue weighted by atomic mass is 79.9. The van der Waals surface area contributed by atoms with Gasteiger partial charge >= 0.3 is 0 Å². The van der Waals surface area contributed by atoms with E-state index in [4.69, 9.17) is 10.5 Å². The molecule has 1 unspecified atom stereocenters. The van der Waals surface area contributed by atoms with Gasteiger partial charge < -0.3 is 15.8 Å². The molecule has 0 radical (unpaired) electrons. The van der Waals surface area contributed by atoms with Gasteiger partial charge in [0.2, 0.25) is 0 Å². The molecule has 1 aliphatic rings. The number of hydrogen-bond acceptors (Lipinski definition) is 4. The molecule has 1 aromatic rings. The Hall–Kier alpha value is -1.14. The quantitative estimate of drug-likeness (QED) is 0.887. The van der Waals surface area contributed by atoms with E-state index in [1.54, 1.807) is 12.3 Å². The maximum absolute atomic E-state index is 12.0. The summed E-state index contributed by atoms with van der Waals surface area (Å²) >= 11 is 3.28. The summed E-state index contributed by atoms with van der Waals surface area (Å²) in [6.45, 7) is 1.43. The van der Waals surface area contributed by atoms with Gasteiger partial charge in [-0.25, -0.2) is 4.98 Å². The zero-order valence-corrected chi connectivity index (χ0v) is 12.3.